The molecule has 0 fully saturated rings. The van der Waals surface area contributed by atoms with Gasteiger partial charge in [0, 0.05) is 23.7 Å². The van der Waals surface area contributed by atoms with Gasteiger partial charge >= 0.3 is 6.03 Å². The molecule has 1 rings (SSSR count). The summed E-state index contributed by atoms with van der Waals surface area (Å²) >= 11 is 5.72. The molecule has 1 aromatic rings. The average molecular weight is 245 g/mol. The molecular weight excluding hydrogens is 231 g/mol. The number of nitrogens with one attached hydrogen (secondary N) is 2. The Bertz CT molecular complexity index is 371. The molecule has 2 N–H and O–H groups in total. The normalized spacial score (nSPS) is 9.94. The molecule has 3 nitrogen and oxygen atoms in total. The van der Waals surface area contributed by atoms with Crippen molar-refractivity contribution in [1.29, 1.82) is 0 Å². The number of carbonyl (C=O) groups excluding carboxylic acids is 1. The average Bonchev–Trinajstić information content (AvgIpc) is 2.27. The summed E-state index contributed by atoms with van der Waals surface area (Å²) in [5, 5.41) is 5.64. The Morgan fingerprint density at radius 3 is 2.88 bits per heavy atom. The lowest BCUT2D eigenvalue weighted by Gasteiger charge is -2.07. The quantitative estimate of drug-likeness (QED) is 0.840. The van der Waals surface area contributed by atoms with Crippen molar-refractivity contribution < 1.29 is 9.18 Å². The fourth-order valence-corrected chi connectivity index (χ4v) is 1.35. The van der Waals surface area contributed by atoms with Crippen molar-refractivity contribution in [2.75, 3.05) is 6.54 Å². The summed E-state index contributed by atoms with van der Waals surface area (Å²) in [5.41, 5.74) is 0.374. The van der Waals surface area contributed by atoms with Gasteiger partial charge in [0.05, 0.1) is 0 Å². The van der Waals surface area contributed by atoms with Gasteiger partial charge in [0.25, 0.3) is 0 Å². The molecule has 1 aromatic carbocycles. The number of hydrogen-bond donors (Lipinski definition) is 2. The zero-order valence-electron chi connectivity index (χ0n) is 9.02. The lowest BCUT2D eigenvalue weighted by Crippen LogP contribution is -2.35. The summed E-state index contributed by atoms with van der Waals surface area (Å²) in [6.07, 6.45) is 0.860. The lowest BCUT2D eigenvalue weighted by molar-refractivity contribution is 0.240. The summed E-state index contributed by atoms with van der Waals surface area (Å²) in [7, 11) is 0. The molecule has 0 saturated carbocycles. The number of rotatable bonds is 4. The number of hydrogen-bond acceptors (Lipinski definition) is 1. The smallest absolute Gasteiger partial charge is 0.315 e. The van der Waals surface area contributed by atoms with Crippen molar-refractivity contribution in [3.8, 4) is 0 Å². The van der Waals surface area contributed by atoms with Crippen LogP contribution in [0.2, 0.25) is 5.02 Å². The highest BCUT2D eigenvalue weighted by Gasteiger charge is 2.04. The van der Waals surface area contributed by atoms with Crippen LogP contribution in [0.5, 0.6) is 0 Å². The summed E-state index contributed by atoms with van der Waals surface area (Å²) < 4.78 is 13.2. The van der Waals surface area contributed by atoms with Crippen LogP contribution in [0, 0.1) is 5.82 Å². The SMILES string of the molecule is CCCNC(=O)NCc1cc(Cl)ccc1F. The number of halogens is 2. The molecule has 0 atom stereocenters. The van der Waals surface area contributed by atoms with Crippen molar-refractivity contribution in [3.63, 3.8) is 0 Å². The summed E-state index contributed by atoms with van der Waals surface area (Å²) in [6.45, 7) is 2.68. The highest BCUT2D eigenvalue weighted by Crippen LogP contribution is 2.14. The second-order valence-corrected chi connectivity index (χ2v) is 3.78. The van der Waals surface area contributed by atoms with Crippen LogP contribution < -0.4 is 10.6 Å². The Morgan fingerprint density at radius 2 is 2.19 bits per heavy atom. The predicted octanol–water partition coefficient (Wildman–Crippen LogP) is 2.69. The van der Waals surface area contributed by atoms with Gasteiger partial charge in [-0.2, -0.15) is 0 Å². The van der Waals surface area contributed by atoms with Gasteiger partial charge in [-0.05, 0) is 24.6 Å². The largest absolute Gasteiger partial charge is 0.338 e. The van der Waals surface area contributed by atoms with E-state index >= 15 is 0 Å². The van der Waals surface area contributed by atoms with Crippen molar-refractivity contribution in [2.24, 2.45) is 0 Å². The maximum atomic E-state index is 13.2. The fourth-order valence-electron chi connectivity index (χ4n) is 1.16. The van der Waals surface area contributed by atoms with E-state index in [0.717, 1.165) is 6.42 Å². The first-order chi connectivity index (χ1) is 7.63. The zero-order valence-corrected chi connectivity index (χ0v) is 9.77. The Morgan fingerprint density at radius 1 is 1.44 bits per heavy atom. The van der Waals surface area contributed by atoms with Gasteiger partial charge < -0.3 is 10.6 Å². The van der Waals surface area contributed by atoms with E-state index in [-0.39, 0.29) is 18.4 Å². The zero-order chi connectivity index (χ0) is 12.0. The summed E-state index contributed by atoms with van der Waals surface area (Å²) in [5.74, 6) is -0.375. The predicted molar refractivity (Wildman–Crippen MR) is 61.9 cm³/mol. The van der Waals surface area contributed by atoms with Gasteiger partial charge in [-0.3, -0.25) is 0 Å². The number of amides is 2. The van der Waals surface area contributed by atoms with Crippen LogP contribution in [-0.4, -0.2) is 12.6 Å². The third-order valence-corrected chi connectivity index (χ3v) is 2.22. The first kappa shape index (κ1) is 12.8. The molecule has 0 spiro atoms. The van der Waals surface area contributed by atoms with E-state index in [9.17, 15) is 9.18 Å². The van der Waals surface area contributed by atoms with Gasteiger partial charge in [0.15, 0.2) is 0 Å². The molecule has 0 aliphatic heterocycles. The monoisotopic (exact) mass is 244 g/mol. The summed E-state index contributed by atoms with van der Waals surface area (Å²) in [4.78, 5) is 11.2. The maximum absolute atomic E-state index is 13.2. The molecule has 2 amide bonds. The van der Waals surface area contributed by atoms with Gasteiger partial charge in [0.1, 0.15) is 5.82 Å². The Balaban J connectivity index is 2.47. The van der Waals surface area contributed by atoms with Crippen LogP contribution in [0.15, 0.2) is 18.2 Å². The fraction of sp³-hybridized carbons (Fsp3) is 0.364. The molecule has 0 radical (unpaired) electrons. The third kappa shape index (κ3) is 4.06. The third-order valence-electron chi connectivity index (χ3n) is 1.98. The van der Waals surface area contributed by atoms with E-state index in [1.54, 1.807) is 0 Å². The molecule has 0 aromatic heterocycles. The van der Waals surface area contributed by atoms with E-state index in [1.165, 1.54) is 18.2 Å². The van der Waals surface area contributed by atoms with Gasteiger partial charge in [-0.25, -0.2) is 9.18 Å². The standard InChI is InChI=1S/C11H14ClFN2O/c1-2-5-14-11(16)15-7-8-6-9(12)3-4-10(8)13/h3-4,6H,2,5,7H2,1H3,(H2,14,15,16). The number of benzene rings is 1. The highest BCUT2D eigenvalue weighted by atomic mass is 35.5. The lowest BCUT2D eigenvalue weighted by atomic mass is 10.2. The first-order valence-corrected chi connectivity index (χ1v) is 5.47. The topological polar surface area (TPSA) is 41.1 Å². The van der Waals surface area contributed by atoms with Crippen molar-refractivity contribution in [1.82, 2.24) is 10.6 Å². The molecule has 0 saturated heterocycles. The molecular formula is C11H14ClFN2O. The molecule has 0 aliphatic rings. The minimum atomic E-state index is -0.375. The van der Waals surface area contributed by atoms with E-state index in [2.05, 4.69) is 10.6 Å². The number of carbonyl (C=O) groups is 1. The molecule has 88 valence electrons. The van der Waals surface area contributed by atoms with Gasteiger partial charge in [-0.1, -0.05) is 18.5 Å². The van der Waals surface area contributed by atoms with E-state index < -0.39 is 0 Å². The van der Waals surface area contributed by atoms with Crippen LogP contribution in [0.25, 0.3) is 0 Å². The van der Waals surface area contributed by atoms with Crippen LogP contribution in [-0.2, 0) is 6.54 Å². The Labute approximate surface area is 99.0 Å². The highest BCUT2D eigenvalue weighted by molar-refractivity contribution is 6.30. The van der Waals surface area contributed by atoms with Crippen LogP contribution >= 0.6 is 11.6 Å². The maximum Gasteiger partial charge on any atom is 0.315 e. The Kier molecular flexibility index (Phi) is 5.05. The van der Waals surface area contributed by atoms with Gasteiger partial charge in [-0.15, -0.1) is 0 Å². The molecule has 0 heterocycles. The van der Waals surface area contributed by atoms with Crippen LogP contribution in [0.1, 0.15) is 18.9 Å². The molecule has 5 heteroatoms. The summed E-state index contributed by atoms with van der Waals surface area (Å²) in [6, 6.07) is 3.94. The minimum absolute atomic E-state index is 0.127. The Hall–Kier alpha value is -1.29. The second-order valence-electron chi connectivity index (χ2n) is 3.35. The van der Waals surface area contributed by atoms with Crippen LogP contribution in [0.3, 0.4) is 0 Å². The number of urea groups is 1. The van der Waals surface area contributed by atoms with Crippen molar-refractivity contribution in [2.45, 2.75) is 19.9 Å². The molecule has 0 bridgehead atoms. The molecule has 16 heavy (non-hydrogen) atoms. The molecule has 0 unspecified atom stereocenters. The van der Waals surface area contributed by atoms with E-state index in [0.29, 0.717) is 17.1 Å². The van der Waals surface area contributed by atoms with Crippen LogP contribution in [0.4, 0.5) is 9.18 Å². The molecule has 0 aliphatic carbocycles. The van der Waals surface area contributed by atoms with Gasteiger partial charge in [0.2, 0.25) is 0 Å². The van der Waals surface area contributed by atoms with E-state index in [1.807, 2.05) is 6.92 Å². The van der Waals surface area contributed by atoms with Crippen molar-refractivity contribution in [3.05, 3.63) is 34.6 Å². The van der Waals surface area contributed by atoms with Crippen molar-refractivity contribution >= 4 is 17.6 Å². The first-order valence-electron chi connectivity index (χ1n) is 5.09. The second kappa shape index (κ2) is 6.33. The van der Waals surface area contributed by atoms with E-state index in [4.69, 9.17) is 11.6 Å². The minimum Gasteiger partial charge on any atom is -0.338 e.